The van der Waals surface area contributed by atoms with E-state index in [-0.39, 0.29) is 67.3 Å². The first-order valence-corrected chi connectivity index (χ1v) is 28.5. The Bertz CT molecular complexity index is 2300. The summed E-state index contributed by atoms with van der Waals surface area (Å²) in [6.45, 7) is 20.7. The number of nitrogens with two attached hydrogens (primary N) is 1. The van der Waals surface area contributed by atoms with Crippen molar-refractivity contribution in [3.8, 4) is 0 Å². The van der Waals surface area contributed by atoms with Crippen molar-refractivity contribution in [3.05, 3.63) is 95.1 Å². The van der Waals surface area contributed by atoms with Crippen LogP contribution < -0.4 is 42.4 Å². The van der Waals surface area contributed by atoms with Crippen LogP contribution in [0.3, 0.4) is 0 Å². The van der Waals surface area contributed by atoms with E-state index < -0.39 is 40.4 Å². The minimum Gasteiger partial charge on any atom is -0.372 e. The predicted molar refractivity (Wildman–Crippen MR) is 315 cm³/mol. The van der Waals surface area contributed by atoms with Crippen LogP contribution in [0.1, 0.15) is 150 Å². The average Bonchev–Trinajstić information content (AvgIpc) is 4.14. The van der Waals surface area contributed by atoms with E-state index in [1.165, 1.54) is 46.7 Å². The van der Waals surface area contributed by atoms with Gasteiger partial charge in [-0.05, 0) is 100 Å². The van der Waals surface area contributed by atoms with Gasteiger partial charge in [0.15, 0.2) is 0 Å². The van der Waals surface area contributed by atoms with E-state index in [4.69, 9.17) is 4.79 Å². The number of carbonyl (C=O) groups excluding carboxylic acids is 9. The zero-order valence-electron chi connectivity index (χ0n) is 49.4. The van der Waals surface area contributed by atoms with Gasteiger partial charge in [0, 0.05) is 55.5 Å². The molecule has 2 aromatic rings. The molecule has 1 aliphatic carbocycles. The zero-order valence-corrected chi connectivity index (χ0v) is 50.2. The smallest absolute Gasteiger partial charge is 0.256 e. The Labute approximate surface area is 475 Å². The first kappa shape index (κ1) is 70.6. The highest BCUT2D eigenvalue weighted by Crippen LogP contribution is 2.45. The second-order valence-corrected chi connectivity index (χ2v) is 22.2. The quantitative estimate of drug-likeness (QED) is 0.0171. The number of nitrogens with one attached hydrogen (secondary N) is 7. The SMILES string of the molecule is CCC.CCC.CNCCCC(NC(=O)CNC(=O)CCCCCN1C(=O)C=CC1=O)C(=O)NC1(c2ccc(CSNC(=O)/C(C)=C/CN(C)C(=O)C(NC(=O)C(NC)C(C)(C)c3ccccc3)C(C)(C)C)cc2)CC1.NC=O. The second-order valence-electron chi connectivity index (χ2n) is 21.4. The molecule has 2 aromatic carbocycles. The van der Waals surface area contributed by atoms with Gasteiger partial charge in [-0.1, -0.05) is 142 Å². The van der Waals surface area contributed by atoms with Gasteiger partial charge >= 0.3 is 0 Å². The van der Waals surface area contributed by atoms with Crippen molar-refractivity contribution in [2.45, 2.75) is 168 Å². The van der Waals surface area contributed by atoms with Gasteiger partial charge in [-0.25, -0.2) is 0 Å². The summed E-state index contributed by atoms with van der Waals surface area (Å²) >= 11 is 1.24. The summed E-state index contributed by atoms with van der Waals surface area (Å²) in [4.78, 5) is 114. The lowest BCUT2D eigenvalue weighted by atomic mass is 9.76. The largest absolute Gasteiger partial charge is 0.372 e. The number of amides is 9. The van der Waals surface area contributed by atoms with Crippen LogP contribution in [0, 0.1) is 5.41 Å². The molecule has 20 heteroatoms. The molecule has 3 atom stereocenters. The molecule has 1 fully saturated rings. The fraction of sp³-hybridized carbons (Fsp3) is 0.576. The van der Waals surface area contributed by atoms with E-state index in [1.54, 1.807) is 27.1 Å². The summed E-state index contributed by atoms with van der Waals surface area (Å²) in [7, 11) is 5.20. The van der Waals surface area contributed by atoms with E-state index in [0.717, 1.165) is 29.5 Å². The molecule has 4 rings (SSSR count). The Balaban J connectivity index is 0.00000324. The minimum atomic E-state index is -0.822. The van der Waals surface area contributed by atoms with Gasteiger partial charge in [0.25, 0.3) is 17.7 Å². The van der Waals surface area contributed by atoms with Crippen LogP contribution in [0.2, 0.25) is 0 Å². The van der Waals surface area contributed by atoms with E-state index in [2.05, 4.69) is 70.1 Å². The molecule has 3 unspecified atom stereocenters. The first-order chi connectivity index (χ1) is 37.4. The zero-order chi connectivity index (χ0) is 59.8. The molecule has 0 saturated heterocycles. The van der Waals surface area contributed by atoms with E-state index in [1.807, 2.05) is 96.3 Å². The molecule has 0 radical (unpaired) electrons. The van der Waals surface area contributed by atoms with Crippen LogP contribution >= 0.6 is 11.9 Å². The monoisotopic (exact) mass is 1120 g/mol. The second kappa shape index (κ2) is 36.7. The molecule has 1 saturated carbocycles. The first-order valence-electron chi connectivity index (χ1n) is 27.6. The maximum absolute atomic E-state index is 13.8. The van der Waals surface area contributed by atoms with Gasteiger partial charge in [0.1, 0.15) is 12.1 Å². The molecule has 9 amide bonds. The maximum atomic E-state index is 13.8. The van der Waals surface area contributed by atoms with Gasteiger partial charge in [-0.3, -0.25) is 52.8 Å². The number of unbranched alkanes of at least 4 members (excludes halogenated alkanes) is 2. The highest BCUT2D eigenvalue weighted by Gasteiger charge is 2.47. The third-order valence-electron chi connectivity index (χ3n) is 12.8. The molecular weight excluding hydrogens is 1020 g/mol. The lowest BCUT2D eigenvalue weighted by Crippen LogP contribution is -2.60. The molecule has 2 aliphatic rings. The Kier molecular flexibility index (Phi) is 32.8. The fourth-order valence-electron chi connectivity index (χ4n) is 8.17. The van der Waals surface area contributed by atoms with Crippen molar-refractivity contribution in [1.29, 1.82) is 0 Å². The summed E-state index contributed by atoms with van der Waals surface area (Å²) in [5.41, 5.74) is 5.75. The average molecular weight is 1120 g/mol. The predicted octanol–water partition coefficient (Wildman–Crippen LogP) is 5.58. The molecule has 1 aliphatic heterocycles. The van der Waals surface area contributed by atoms with Crippen LogP contribution in [0.25, 0.3) is 0 Å². The van der Waals surface area contributed by atoms with Crippen molar-refractivity contribution < 1.29 is 43.2 Å². The Morgan fingerprint density at radius 3 is 1.91 bits per heavy atom. The maximum Gasteiger partial charge on any atom is 0.256 e. The fourth-order valence-corrected chi connectivity index (χ4v) is 8.90. The third-order valence-corrected chi connectivity index (χ3v) is 13.6. The number of carbonyl (C=O) groups is 9. The molecule has 0 aromatic heterocycles. The van der Waals surface area contributed by atoms with Gasteiger partial charge < -0.3 is 42.5 Å². The van der Waals surface area contributed by atoms with Crippen LogP contribution in [0.4, 0.5) is 0 Å². The summed E-state index contributed by atoms with van der Waals surface area (Å²) in [6.07, 6.45) is 11.4. The van der Waals surface area contributed by atoms with Crippen molar-refractivity contribution >= 4 is 65.6 Å². The molecule has 19 nitrogen and oxygen atoms in total. The van der Waals surface area contributed by atoms with Gasteiger partial charge in [-0.15, -0.1) is 0 Å². The highest BCUT2D eigenvalue weighted by atomic mass is 32.2. The van der Waals surface area contributed by atoms with Gasteiger partial charge in [-0.2, -0.15) is 0 Å². The Morgan fingerprint density at radius 1 is 0.797 bits per heavy atom. The van der Waals surface area contributed by atoms with Gasteiger partial charge in [0.2, 0.25) is 35.9 Å². The number of likely N-dealkylation sites (N-methyl/N-ethyl adjacent to an activating group) is 2. The van der Waals surface area contributed by atoms with E-state index >= 15 is 0 Å². The number of benzene rings is 2. The Morgan fingerprint density at radius 2 is 1.38 bits per heavy atom. The van der Waals surface area contributed by atoms with Crippen molar-refractivity contribution in [1.82, 2.24) is 46.4 Å². The van der Waals surface area contributed by atoms with Crippen molar-refractivity contribution in [2.75, 3.05) is 47.3 Å². The highest BCUT2D eigenvalue weighted by molar-refractivity contribution is 7.97. The summed E-state index contributed by atoms with van der Waals surface area (Å²) < 4.78 is 2.88. The molecule has 0 spiro atoms. The van der Waals surface area contributed by atoms with Crippen LogP contribution in [-0.2, 0) is 59.9 Å². The molecular formula is C59H94N10O9S. The number of nitrogens with zero attached hydrogens (tertiary/aromatic N) is 2. The summed E-state index contributed by atoms with van der Waals surface area (Å²) in [5.74, 6) is -2.11. The molecule has 440 valence electrons. The Hall–Kier alpha value is -6.38. The summed E-state index contributed by atoms with van der Waals surface area (Å²) in [6, 6.07) is 15.4. The molecule has 1 heterocycles. The topological polar surface area (TPSA) is 270 Å². The molecule has 9 N–H and O–H groups in total. The van der Waals surface area contributed by atoms with Crippen LogP contribution in [0.5, 0.6) is 0 Å². The van der Waals surface area contributed by atoms with Crippen LogP contribution in [-0.4, -0.2) is 129 Å². The molecule has 79 heavy (non-hydrogen) atoms. The van der Waals surface area contributed by atoms with Crippen LogP contribution in [0.15, 0.2) is 78.4 Å². The van der Waals surface area contributed by atoms with E-state index in [9.17, 15) is 38.4 Å². The number of imide groups is 1. The standard InChI is InChI=1S/C52H75N9O8S.2C3H8.CH3NO/c1-35(27-32-60(9)49(69)45(50(2,3)4)57-48(68)44(54-8)51(5,6)37-17-12-10-13-18-37)46(66)59-70-34-36-21-23-38(24-22-36)52(28-29-52)58-47(67)39(19-16-30-53-7)56-41(63)33-55-40(62)20-14-11-15-31-61-42(64)25-26-43(61)65;2*1-3-2;2-1-3/h10,12-13,17-18,21-27,39,44-45,53-54H,11,14-16,19-20,28-34H2,1-9H3,(H,55,62)(H,56,63)(H,57,68)(H,58,67)(H,59,66);2*3H2,1-2H3;1H,(H2,2,3)/b35-27+;;;. The minimum absolute atomic E-state index is 0.161. The summed E-state index contributed by atoms with van der Waals surface area (Å²) in [5, 5.41) is 17.8. The number of hydrogen-bond donors (Lipinski definition) is 8. The van der Waals surface area contributed by atoms with Crippen molar-refractivity contribution in [2.24, 2.45) is 11.1 Å². The third kappa shape index (κ3) is 25.1. The lowest BCUT2D eigenvalue weighted by molar-refractivity contribution is -0.139. The molecule has 0 bridgehead atoms. The van der Waals surface area contributed by atoms with Crippen molar-refractivity contribution in [3.63, 3.8) is 0 Å². The van der Waals surface area contributed by atoms with Gasteiger partial charge in [0.05, 0.1) is 18.1 Å². The number of primary amides is 1. The number of hydrogen-bond acceptors (Lipinski definition) is 12. The number of rotatable bonds is 28. The lowest BCUT2D eigenvalue weighted by Gasteiger charge is -2.38. The normalized spacial score (nSPS) is 14.5. The van der Waals surface area contributed by atoms with E-state index in [0.29, 0.717) is 56.5 Å².